The summed E-state index contributed by atoms with van der Waals surface area (Å²) in [6.07, 6.45) is 5.73. The summed E-state index contributed by atoms with van der Waals surface area (Å²) in [5, 5.41) is 3.47. The highest BCUT2D eigenvalue weighted by atomic mass is 32.2. The molecule has 1 heterocycles. The summed E-state index contributed by atoms with van der Waals surface area (Å²) >= 11 is 1.76. The van der Waals surface area contributed by atoms with Crippen molar-refractivity contribution in [2.45, 2.75) is 17.9 Å². The summed E-state index contributed by atoms with van der Waals surface area (Å²) in [5.41, 5.74) is 2.39. The van der Waals surface area contributed by atoms with Crippen LogP contribution in [0.1, 0.15) is 18.5 Å². The minimum Gasteiger partial charge on any atom is -0.379 e. The number of nitrogens with one attached hydrogen (secondary N) is 1. The highest BCUT2D eigenvalue weighted by Crippen LogP contribution is 2.21. The molecule has 3 heteroatoms. The van der Waals surface area contributed by atoms with E-state index in [2.05, 4.69) is 47.7 Å². The summed E-state index contributed by atoms with van der Waals surface area (Å²) in [7, 11) is 0. The van der Waals surface area contributed by atoms with Gasteiger partial charge in [-0.2, -0.15) is 0 Å². The maximum absolute atomic E-state index is 4.03. The third-order valence-electron chi connectivity index (χ3n) is 2.68. The summed E-state index contributed by atoms with van der Waals surface area (Å²) in [6.45, 7) is 2.15. The zero-order chi connectivity index (χ0) is 12.1. The van der Waals surface area contributed by atoms with E-state index in [1.165, 1.54) is 10.5 Å². The zero-order valence-corrected chi connectivity index (χ0v) is 10.9. The van der Waals surface area contributed by atoms with Gasteiger partial charge >= 0.3 is 0 Å². The average molecular weight is 244 g/mol. The van der Waals surface area contributed by atoms with Gasteiger partial charge in [0.1, 0.15) is 0 Å². The summed E-state index contributed by atoms with van der Waals surface area (Å²) in [4.78, 5) is 5.31. The van der Waals surface area contributed by atoms with Crippen molar-refractivity contribution in [2.75, 3.05) is 11.6 Å². The van der Waals surface area contributed by atoms with E-state index in [0.717, 1.165) is 5.69 Å². The molecule has 1 aromatic heterocycles. The lowest BCUT2D eigenvalue weighted by molar-refractivity contribution is 0.880. The fraction of sp³-hybridized carbons (Fsp3) is 0.214. The van der Waals surface area contributed by atoms with Crippen molar-refractivity contribution in [3.8, 4) is 0 Å². The zero-order valence-electron chi connectivity index (χ0n) is 10.1. The van der Waals surface area contributed by atoms with Crippen LogP contribution in [0.4, 0.5) is 5.69 Å². The number of hydrogen-bond acceptors (Lipinski definition) is 3. The van der Waals surface area contributed by atoms with Gasteiger partial charge in [0.05, 0.1) is 0 Å². The molecule has 0 aliphatic rings. The van der Waals surface area contributed by atoms with Gasteiger partial charge in [0, 0.05) is 29.0 Å². The molecule has 17 heavy (non-hydrogen) atoms. The number of pyridine rings is 1. The molecule has 1 aromatic carbocycles. The molecule has 1 unspecified atom stereocenters. The first-order valence-electron chi connectivity index (χ1n) is 5.60. The van der Waals surface area contributed by atoms with Crippen LogP contribution in [-0.4, -0.2) is 11.2 Å². The first kappa shape index (κ1) is 12.0. The summed E-state index contributed by atoms with van der Waals surface area (Å²) in [6, 6.07) is 12.9. The quantitative estimate of drug-likeness (QED) is 0.824. The van der Waals surface area contributed by atoms with Crippen molar-refractivity contribution in [3.05, 3.63) is 54.4 Å². The number of thioether (sulfide) groups is 1. The van der Waals surface area contributed by atoms with Gasteiger partial charge in [-0.1, -0.05) is 0 Å². The number of aromatic nitrogens is 1. The van der Waals surface area contributed by atoms with Crippen LogP contribution in [-0.2, 0) is 0 Å². The van der Waals surface area contributed by atoms with Crippen LogP contribution >= 0.6 is 11.8 Å². The van der Waals surface area contributed by atoms with E-state index in [4.69, 9.17) is 0 Å². The van der Waals surface area contributed by atoms with Gasteiger partial charge in [-0.25, -0.2) is 0 Å². The van der Waals surface area contributed by atoms with Gasteiger partial charge in [-0.15, -0.1) is 11.8 Å². The van der Waals surface area contributed by atoms with E-state index in [1.807, 2.05) is 24.5 Å². The third-order valence-corrected chi connectivity index (χ3v) is 3.42. The van der Waals surface area contributed by atoms with E-state index in [9.17, 15) is 0 Å². The highest BCUT2D eigenvalue weighted by molar-refractivity contribution is 7.98. The largest absolute Gasteiger partial charge is 0.379 e. The molecule has 2 aromatic rings. The number of nitrogens with zero attached hydrogens (tertiary/aromatic N) is 1. The number of rotatable bonds is 4. The van der Waals surface area contributed by atoms with E-state index < -0.39 is 0 Å². The van der Waals surface area contributed by atoms with Crippen LogP contribution in [0, 0.1) is 0 Å². The van der Waals surface area contributed by atoms with Gasteiger partial charge in [0.25, 0.3) is 0 Å². The lowest BCUT2D eigenvalue weighted by Gasteiger charge is -2.15. The predicted octanol–water partition coefficient (Wildman–Crippen LogP) is 3.98. The maximum atomic E-state index is 4.03. The molecule has 2 rings (SSSR count). The van der Waals surface area contributed by atoms with Gasteiger partial charge in [-0.3, -0.25) is 4.98 Å². The number of hydrogen-bond donors (Lipinski definition) is 1. The van der Waals surface area contributed by atoms with Gasteiger partial charge in [0.15, 0.2) is 0 Å². The van der Waals surface area contributed by atoms with Gasteiger partial charge in [-0.05, 0) is 55.1 Å². The maximum Gasteiger partial charge on any atom is 0.0486 e. The third kappa shape index (κ3) is 3.24. The molecule has 88 valence electrons. The van der Waals surface area contributed by atoms with E-state index >= 15 is 0 Å². The van der Waals surface area contributed by atoms with Crippen LogP contribution in [0.3, 0.4) is 0 Å². The lowest BCUT2D eigenvalue weighted by atomic mass is 10.1. The van der Waals surface area contributed by atoms with Gasteiger partial charge in [0.2, 0.25) is 0 Å². The SMILES string of the molecule is CSc1ccc(NC(C)c2ccncc2)cc1. The first-order valence-corrected chi connectivity index (χ1v) is 6.82. The Morgan fingerprint density at radius 2 is 1.71 bits per heavy atom. The Kier molecular flexibility index (Phi) is 4.04. The fourth-order valence-electron chi connectivity index (χ4n) is 1.67. The molecule has 1 atom stereocenters. The van der Waals surface area contributed by atoms with E-state index in [-0.39, 0.29) is 6.04 Å². The van der Waals surface area contributed by atoms with Crippen molar-refractivity contribution in [1.82, 2.24) is 4.98 Å². The number of anilines is 1. The van der Waals surface area contributed by atoms with Crippen molar-refractivity contribution < 1.29 is 0 Å². The average Bonchev–Trinajstić information content (AvgIpc) is 2.40. The fourth-order valence-corrected chi connectivity index (χ4v) is 2.08. The molecular formula is C14H16N2S. The molecule has 0 fully saturated rings. The van der Waals surface area contributed by atoms with Crippen LogP contribution in [0.15, 0.2) is 53.7 Å². The first-order chi connectivity index (χ1) is 8.29. The van der Waals surface area contributed by atoms with E-state index in [0.29, 0.717) is 0 Å². The molecule has 0 amide bonds. The van der Waals surface area contributed by atoms with Crippen molar-refractivity contribution in [2.24, 2.45) is 0 Å². The van der Waals surface area contributed by atoms with Crippen molar-refractivity contribution >= 4 is 17.4 Å². The standard InChI is InChI=1S/C14H16N2S/c1-11(12-7-9-15-10-8-12)16-13-3-5-14(17-2)6-4-13/h3-11,16H,1-2H3. The molecule has 0 aliphatic carbocycles. The highest BCUT2D eigenvalue weighted by Gasteiger charge is 2.04. The molecule has 0 saturated heterocycles. The second-order valence-corrected chi connectivity index (χ2v) is 4.75. The Balaban J connectivity index is 2.05. The predicted molar refractivity (Wildman–Crippen MR) is 74.5 cm³/mol. The van der Waals surface area contributed by atoms with Crippen LogP contribution in [0.25, 0.3) is 0 Å². The Hall–Kier alpha value is -1.48. The smallest absolute Gasteiger partial charge is 0.0486 e. The summed E-state index contributed by atoms with van der Waals surface area (Å²) < 4.78 is 0. The minimum atomic E-state index is 0.290. The monoisotopic (exact) mass is 244 g/mol. The Bertz CT molecular complexity index is 453. The van der Waals surface area contributed by atoms with Crippen LogP contribution in [0.5, 0.6) is 0 Å². The van der Waals surface area contributed by atoms with Crippen molar-refractivity contribution in [3.63, 3.8) is 0 Å². The Morgan fingerprint density at radius 1 is 1.06 bits per heavy atom. The molecule has 2 nitrogen and oxygen atoms in total. The molecule has 0 bridgehead atoms. The van der Waals surface area contributed by atoms with E-state index in [1.54, 1.807) is 11.8 Å². The van der Waals surface area contributed by atoms with Gasteiger partial charge < -0.3 is 5.32 Å². The van der Waals surface area contributed by atoms with Crippen LogP contribution in [0.2, 0.25) is 0 Å². The second-order valence-electron chi connectivity index (χ2n) is 3.88. The second kappa shape index (κ2) is 5.73. The Labute approximate surface area is 106 Å². The number of benzene rings is 1. The molecule has 0 saturated carbocycles. The Morgan fingerprint density at radius 3 is 2.29 bits per heavy atom. The lowest BCUT2D eigenvalue weighted by Crippen LogP contribution is -2.06. The molecule has 0 radical (unpaired) electrons. The molecule has 1 N–H and O–H groups in total. The molecule has 0 spiro atoms. The molecular weight excluding hydrogens is 228 g/mol. The summed E-state index contributed by atoms with van der Waals surface area (Å²) in [5.74, 6) is 0. The minimum absolute atomic E-state index is 0.290. The molecule has 0 aliphatic heterocycles. The normalized spacial score (nSPS) is 12.1. The van der Waals surface area contributed by atoms with Crippen molar-refractivity contribution in [1.29, 1.82) is 0 Å². The topological polar surface area (TPSA) is 24.9 Å². The van der Waals surface area contributed by atoms with Crippen LogP contribution < -0.4 is 5.32 Å².